The molecule has 1 atom stereocenters. The summed E-state index contributed by atoms with van der Waals surface area (Å²) in [6.45, 7) is 0. The van der Waals surface area contributed by atoms with E-state index in [0.29, 0.717) is 17.4 Å². The smallest absolute Gasteiger partial charge is 0.236 e. The number of hydrogen-bond donors (Lipinski definition) is 1. The number of oxazole rings is 1. The Morgan fingerprint density at radius 3 is 3.21 bits per heavy atom. The van der Waals surface area contributed by atoms with Crippen LogP contribution in [0.4, 0.5) is 0 Å². The van der Waals surface area contributed by atoms with Gasteiger partial charge in [0.05, 0.1) is 17.3 Å². The fourth-order valence-corrected chi connectivity index (χ4v) is 2.38. The minimum Gasteiger partial charge on any atom is -0.451 e. The van der Waals surface area contributed by atoms with Gasteiger partial charge >= 0.3 is 0 Å². The molecule has 0 aliphatic heterocycles. The minimum atomic E-state index is 0.00986. The highest BCUT2D eigenvalue weighted by molar-refractivity contribution is 5.45. The second-order valence-corrected chi connectivity index (χ2v) is 4.43. The van der Waals surface area contributed by atoms with Crippen LogP contribution in [0.15, 0.2) is 21.6 Å². The molecule has 1 N–H and O–H groups in total. The van der Waals surface area contributed by atoms with Gasteiger partial charge in [-0.05, 0) is 19.3 Å². The zero-order valence-corrected chi connectivity index (χ0v) is 9.91. The van der Waals surface area contributed by atoms with Crippen LogP contribution in [-0.4, -0.2) is 30.5 Å². The lowest BCUT2D eigenvalue weighted by Crippen LogP contribution is -2.11. The summed E-state index contributed by atoms with van der Waals surface area (Å²) < 4.78 is 10.2. The number of rotatable bonds is 2. The lowest BCUT2D eigenvalue weighted by Gasteiger charge is -2.15. The van der Waals surface area contributed by atoms with Crippen molar-refractivity contribution in [1.29, 1.82) is 0 Å². The highest BCUT2D eigenvalue weighted by atomic mass is 16.5. The van der Waals surface area contributed by atoms with Crippen molar-refractivity contribution in [3.05, 3.63) is 29.9 Å². The van der Waals surface area contributed by atoms with Crippen molar-refractivity contribution in [1.82, 2.24) is 30.5 Å². The Hall–Kier alpha value is -2.51. The molecule has 0 fully saturated rings. The summed E-state index contributed by atoms with van der Waals surface area (Å²) >= 11 is 0. The van der Waals surface area contributed by atoms with Crippen molar-refractivity contribution >= 4 is 0 Å². The number of aromatic nitrogens is 6. The molecule has 1 aliphatic rings. The van der Waals surface area contributed by atoms with E-state index in [9.17, 15) is 0 Å². The molecule has 0 saturated carbocycles. The van der Waals surface area contributed by atoms with Gasteiger partial charge in [0, 0.05) is 0 Å². The lowest BCUT2D eigenvalue weighted by atomic mass is 9.90. The summed E-state index contributed by atoms with van der Waals surface area (Å²) in [5, 5.41) is 14.9. The average molecular weight is 258 g/mol. The van der Waals surface area contributed by atoms with Crippen LogP contribution in [0.3, 0.4) is 0 Å². The standard InChI is InChI=1S/C11H10N6O2/c1-2-6(9-7(3-1)14-17-15-9)11-13-10(16-19-11)8-4-18-5-12-8/h4-6H,1-3H2,(H,14,15,17)/t6-/m0/s1. The molecule has 8 nitrogen and oxygen atoms in total. The quantitative estimate of drug-likeness (QED) is 0.738. The van der Waals surface area contributed by atoms with E-state index < -0.39 is 0 Å². The van der Waals surface area contributed by atoms with E-state index in [0.717, 1.165) is 30.7 Å². The molecule has 0 amide bonds. The number of nitrogens with zero attached hydrogens (tertiary/aromatic N) is 5. The molecule has 1 aliphatic carbocycles. The summed E-state index contributed by atoms with van der Waals surface area (Å²) in [5.74, 6) is 0.989. The molecule has 3 aromatic heterocycles. The van der Waals surface area contributed by atoms with Gasteiger partial charge in [0.25, 0.3) is 0 Å². The van der Waals surface area contributed by atoms with E-state index in [1.807, 2.05) is 0 Å². The zero-order valence-electron chi connectivity index (χ0n) is 9.91. The van der Waals surface area contributed by atoms with Crippen LogP contribution in [-0.2, 0) is 6.42 Å². The van der Waals surface area contributed by atoms with E-state index >= 15 is 0 Å². The average Bonchev–Trinajstić information content (AvgIpc) is 3.18. The van der Waals surface area contributed by atoms with Crippen molar-refractivity contribution in [2.24, 2.45) is 0 Å². The third-order valence-electron chi connectivity index (χ3n) is 3.29. The summed E-state index contributed by atoms with van der Waals surface area (Å²) in [6, 6.07) is 0. The number of fused-ring (bicyclic) bond motifs is 1. The Labute approximate surface area is 107 Å². The molecule has 0 saturated heterocycles. The van der Waals surface area contributed by atoms with Crippen LogP contribution in [0, 0.1) is 0 Å². The molecule has 19 heavy (non-hydrogen) atoms. The van der Waals surface area contributed by atoms with Gasteiger partial charge in [0.15, 0.2) is 6.39 Å². The van der Waals surface area contributed by atoms with Gasteiger partial charge in [-0.2, -0.15) is 20.4 Å². The highest BCUT2D eigenvalue weighted by Crippen LogP contribution is 2.33. The van der Waals surface area contributed by atoms with Crippen LogP contribution in [0.25, 0.3) is 11.5 Å². The molecule has 0 spiro atoms. The Morgan fingerprint density at radius 1 is 1.32 bits per heavy atom. The van der Waals surface area contributed by atoms with Crippen LogP contribution in [0.2, 0.25) is 0 Å². The molecule has 4 rings (SSSR count). The zero-order chi connectivity index (χ0) is 12.7. The van der Waals surface area contributed by atoms with E-state index in [1.165, 1.54) is 12.7 Å². The second-order valence-electron chi connectivity index (χ2n) is 4.43. The minimum absolute atomic E-state index is 0.00986. The van der Waals surface area contributed by atoms with Gasteiger partial charge in [-0.3, -0.25) is 0 Å². The summed E-state index contributed by atoms with van der Waals surface area (Å²) in [6.07, 6.45) is 5.72. The fraction of sp³-hybridized carbons (Fsp3) is 0.364. The van der Waals surface area contributed by atoms with E-state index in [4.69, 9.17) is 8.94 Å². The molecular weight excluding hydrogens is 248 g/mol. The van der Waals surface area contributed by atoms with Crippen LogP contribution in [0.5, 0.6) is 0 Å². The first-order valence-corrected chi connectivity index (χ1v) is 6.03. The van der Waals surface area contributed by atoms with Gasteiger partial charge in [-0.25, -0.2) is 4.98 Å². The number of hydrogen-bond acceptors (Lipinski definition) is 7. The number of aryl methyl sites for hydroxylation is 1. The molecule has 0 unspecified atom stereocenters. The van der Waals surface area contributed by atoms with Crippen molar-refractivity contribution in [2.75, 3.05) is 0 Å². The maximum Gasteiger partial charge on any atom is 0.236 e. The summed E-state index contributed by atoms with van der Waals surface area (Å²) in [4.78, 5) is 8.37. The Morgan fingerprint density at radius 2 is 2.32 bits per heavy atom. The van der Waals surface area contributed by atoms with E-state index in [1.54, 1.807) is 0 Å². The first kappa shape index (κ1) is 10.4. The van der Waals surface area contributed by atoms with Gasteiger partial charge in [-0.1, -0.05) is 5.16 Å². The van der Waals surface area contributed by atoms with Crippen LogP contribution < -0.4 is 0 Å². The third kappa shape index (κ3) is 1.64. The SMILES string of the molecule is c1nc(-c2noc([C@H]3CCCc4n[nH]nc43)n2)co1. The van der Waals surface area contributed by atoms with E-state index in [-0.39, 0.29) is 5.92 Å². The van der Waals surface area contributed by atoms with Gasteiger partial charge in [0.1, 0.15) is 12.0 Å². The molecule has 0 aromatic carbocycles. The third-order valence-corrected chi connectivity index (χ3v) is 3.29. The fourth-order valence-electron chi connectivity index (χ4n) is 2.38. The van der Waals surface area contributed by atoms with Crippen molar-refractivity contribution in [2.45, 2.75) is 25.2 Å². The number of nitrogens with one attached hydrogen (secondary N) is 1. The molecule has 8 heteroatoms. The maximum atomic E-state index is 5.33. The highest BCUT2D eigenvalue weighted by Gasteiger charge is 2.30. The molecule has 3 aromatic rings. The molecule has 96 valence electrons. The predicted octanol–water partition coefficient (Wildman–Crippen LogP) is 1.31. The second kappa shape index (κ2) is 4.01. The predicted molar refractivity (Wildman–Crippen MR) is 61.0 cm³/mol. The van der Waals surface area contributed by atoms with Crippen molar-refractivity contribution < 1.29 is 8.94 Å². The Kier molecular flexibility index (Phi) is 2.20. The Bertz CT molecular complexity index is 686. The lowest BCUT2D eigenvalue weighted by molar-refractivity contribution is 0.352. The van der Waals surface area contributed by atoms with Gasteiger partial charge < -0.3 is 8.94 Å². The molecular formula is C11H10N6O2. The van der Waals surface area contributed by atoms with E-state index in [2.05, 4.69) is 30.5 Å². The largest absolute Gasteiger partial charge is 0.451 e. The summed E-state index contributed by atoms with van der Waals surface area (Å²) in [7, 11) is 0. The van der Waals surface area contributed by atoms with Crippen molar-refractivity contribution in [3.63, 3.8) is 0 Å². The monoisotopic (exact) mass is 258 g/mol. The first-order valence-electron chi connectivity index (χ1n) is 6.03. The Balaban J connectivity index is 1.71. The number of H-pyrrole nitrogens is 1. The van der Waals surface area contributed by atoms with Gasteiger partial charge in [-0.15, -0.1) is 0 Å². The number of aromatic amines is 1. The molecule has 3 heterocycles. The van der Waals surface area contributed by atoms with Crippen LogP contribution >= 0.6 is 0 Å². The maximum absolute atomic E-state index is 5.33. The van der Waals surface area contributed by atoms with Gasteiger partial charge in [0.2, 0.25) is 11.7 Å². The topological polar surface area (TPSA) is 107 Å². The van der Waals surface area contributed by atoms with Crippen molar-refractivity contribution in [3.8, 4) is 11.5 Å². The first-order chi connectivity index (χ1) is 9.42. The van der Waals surface area contributed by atoms with Crippen LogP contribution in [0.1, 0.15) is 36.0 Å². The summed E-state index contributed by atoms with van der Waals surface area (Å²) in [5.41, 5.74) is 2.45. The molecule has 0 radical (unpaired) electrons. The molecule has 0 bridgehead atoms. The normalized spacial score (nSPS) is 18.4.